The highest BCUT2D eigenvalue weighted by molar-refractivity contribution is 5.84. The van der Waals surface area contributed by atoms with E-state index in [9.17, 15) is 10.2 Å². The van der Waals surface area contributed by atoms with Gasteiger partial charge < -0.3 is 10.2 Å². The number of rotatable bonds is 2. The first-order valence-corrected chi connectivity index (χ1v) is 7.71. The SMILES string of the molecule is Cc1cc(-c2nc3ccccc3n2-c2ccccc2)c(O)cc1O. The van der Waals surface area contributed by atoms with Gasteiger partial charge in [-0.1, -0.05) is 30.3 Å². The van der Waals surface area contributed by atoms with Crippen LogP contribution in [0.5, 0.6) is 11.5 Å². The Balaban J connectivity index is 2.08. The first-order valence-electron chi connectivity index (χ1n) is 7.71. The number of aromatic hydroxyl groups is 2. The van der Waals surface area contributed by atoms with Crippen molar-refractivity contribution in [3.63, 3.8) is 0 Å². The molecular weight excluding hydrogens is 300 g/mol. The summed E-state index contributed by atoms with van der Waals surface area (Å²) in [6.45, 7) is 1.80. The van der Waals surface area contributed by atoms with Gasteiger partial charge in [-0.2, -0.15) is 0 Å². The van der Waals surface area contributed by atoms with Crippen LogP contribution in [0.4, 0.5) is 0 Å². The van der Waals surface area contributed by atoms with Crippen LogP contribution in [0.2, 0.25) is 0 Å². The molecule has 0 spiro atoms. The number of hydrogen-bond donors (Lipinski definition) is 2. The van der Waals surface area contributed by atoms with Crippen LogP contribution in [0.3, 0.4) is 0 Å². The fourth-order valence-corrected chi connectivity index (χ4v) is 2.91. The van der Waals surface area contributed by atoms with E-state index in [0.29, 0.717) is 17.0 Å². The molecule has 0 atom stereocenters. The maximum atomic E-state index is 10.4. The Labute approximate surface area is 139 Å². The lowest BCUT2D eigenvalue weighted by Crippen LogP contribution is -1.97. The molecule has 0 aliphatic carbocycles. The number of phenols is 2. The Morgan fingerprint density at radius 2 is 1.54 bits per heavy atom. The maximum absolute atomic E-state index is 10.4. The van der Waals surface area contributed by atoms with Crippen LogP contribution in [-0.2, 0) is 0 Å². The van der Waals surface area contributed by atoms with Crippen molar-refractivity contribution in [3.05, 3.63) is 72.3 Å². The molecule has 0 saturated carbocycles. The van der Waals surface area contributed by atoms with E-state index in [1.54, 1.807) is 13.0 Å². The molecule has 118 valence electrons. The van der Waals surface area contributed by atoms with Crippen LogP contribution in [0.1, 0.15) is 5.56 Å². The van der Waals surface area contributed by atoms with E-state index < -0.39 is 0 Å². The average Bonchev–Trinajstić information content (AvgIpc) is 2.98. The van der Waals surface area contributed by atoms with Gasteiger partial charge in [0.25, 0.3) is 0 Å². The second-order valence-electron chi connectivity index (χ2n) is 5.75. The second-order valence-corrected chi connectivity index (χ2v) is 5.75. The molecule has 0 unspecified atom stereocenters. The van der Waals surface area contributed by atoms with Gasteiger partial charge in [-0.3, -0.25) is 4.57 Å². The van der Waals surface area contributed by atoms with Crippen molar-refractivity contribution in [2.45, 2.75) is 6.92 Å². The Bertz CT molecular complexity index is 1040. The Morgan fingerprint density at radius 3 is 2.33 bits per heavy atom. The third-order valence-corrected chi connectivity index (χ3v) is 4.13. The number of benzene rings is 3. The molecule has 0 aliphatic heterocycles. The molecule has 0 aliphatic rings. The zero-order valence-corrected chi connectivity index (χ0v) is 13.1. The number of aromatic nitrogens is 2. The number of imidazole rings is 1. The van der Waals surface area contributed by atoms with Crippen molar-refractivity contribution in [1.29, 1.82) is 0 Å². The standard InChI is InChI=1S/C20H16N2O2/c1-13-11-15(19(24)12-18(13)23)20-21-16-9-5-6-10-17(16)22(20)14-7-3-2-4-8-14/h2-12,23-24H,1H3. The van der Waals surface area contributed by atoms with Crippen LogP contribution in [-0.4, -0.2) is 19.8 Å². The molecule has 2 N–H and O–H groups in total. The second kappa shape index (κ2) is 5.42. The lowest BCUT2D eigenvalue weighted by Gasteiger charge is -2.11. The van der Waals surface area contributed by atoms with E-state index in [2.05, 4.69) is 0 Å². The molecule has 4 heteroatoms. The van der Waals surface area contributed by atoms with E-state index in [1.807, 2.05) is 59.2 Å². The summed E-state index contributed by atoms with van der Waals surface area (Å²) in [7, 11) is 0. The fourth-order valence-electron chi connectivity index (χ4n) is 2.91. The molecule has 4 rings (SSSR count). The Hall–Kier alpha value is -3.27. The summed E-state index contributed by atoms with van der Waals surface area (Å²) in [6.07, 6.45) is 0. The summed E-state index contributed by atoms with van der Waals surface area (Å²) in [5.74, 6) is 0.715. The molecule has 24 heavy (non-hydrogen) atoms. The molecule has 0 saturated heterocycles. The topological polar surface area (TPSA) is 58.3 Å². The minimum Gasteiger partial charge on any atom is -0.508 e. The van der Waals surface area contributed by atoms with Gasteiger partial charge >= 0.3 is 0 Å². The van der Waals surface area contributed by atoms with Crippen LogP contribution in [0, 0.1) is 6.92 Å². The lowest BCUT2D eigenvalue weighted by atomic mass is 10.1. The van der Waals surface area contributed by atoms with Crippen molar-refractivity contribution in [1.82, 2.24) is 9.55 Å². The molecule has 0 bridgehead atoms. The zero-order valence-electron chi connectivity index (χ0n) is 13.1. The van der Waals surface area contributed by atoms with Gasteiger partial charge in [-0.05, 0) is 42.8 Å². The summed E-state index contributed by atoms with van der Waals surface area (Å²) in [5.41, 5.74) is 4.05. The Kier molecular flexibility index (Phi) is 3.24. The molecule has 0 fully saturated rings. The highest BCUT2D eigenvalue weighted by atomic mass is 16.3. The maximum Gasteiger partial charge on any atom is 0.149 e. The number of nitrogens with zero attached hydrogens (tertiary/aromatic N) is 2. The van der Waals surface area contributed by atoms with E-state index in [-0.39, 0.29) is 11.5 Å². The van der Waals surface area contributed by atoms with E-state index in [1.165, 1.54) is 6.07 Å². The summed E-state index contributed by atoms with van der Waals surface area (Å²) < 4.78 is 2.01. The minimum absolute atomic E-state index is 0.00517. The third kappa shape index (κ3) is 2.20. The molecular formula is C20H16N2O2. The molecule has 1 heterocycles. The van der Waals surface area contributed by atoms with Crippen LogP contribution >= 0.6 is 0 Å². The van der Waals surface area contributed by atoms with Gasteiger partial charge in [0.15, 0.2) is 0 Å². The number of aryl methyl sites for hydroxylation is 1. The highest BCUT2D eigenvalue weighted by Crippen LogP contribution is 2.37. The highest BCUT2D eigenvalue weighted by Gasteiger charge is 2.18. The van der Waals surface area contributed by atoms with Crippen molar-refractivity contribution >= 4 is 11.0 Å². The van der Waals surface area contributed by atoms with Crippen molar-refractivity contribution < 1.29 is 10.2 Å². The van der Waals surface area contributed by atoms with Gasteiger partial charge in [0.2, 0.25) is 0 Å². The molecule has 0 amide bonds. The fraction of sp³-hybridized carbons (Fsp3) is 0.0500. The van der Waals surface area contributed by atoms with E-state index in [4.69, 9.17) is 4.98 Å². The summed E-state index contributed by atoms with van der Waals surface area (Å²) in [5, 5.41) is 20.2. The van der Waals surface area contributed by atoms with Gasteiger partial charge in [-0.15, -0.1) is 0 Å². The predicted molar refractivity (Wildman–Crippen MR) is 94.6 cm³/mol. The molecule has 4 nitrogen and oxygen atoms in total. The quantitative estimate of drug-likeness (QED) is 0.576. The van der Waals surface area contributed by atoms with Gasteiger partial charge in [0.1, 0.15) is 17.3 Å². The monoisotopic (exact) mass is 316 g/mol. The van der Waals surface area contributed by atoms with E-state index in [0.717, 1.165) is 16.7 Å². The predicted octanol–water partition coefficient (Wildman–Crippen LogP) is 4.41. The number of para-hydroxylation sites is 3. The van der Waals surface area contributed by atoms with Gasteiger partial charge in [0.05, 0.1) is 16.6 Å². The number of fused-ring (bicyclic) bond motifs is 1. The van der Waals surface area contributed by atoms with Crippen molar-refractivity contribution in [2.24, 2.45) is 0 Å². The molecule has 4 aromatic rings. The van der Waals surface area contributed by atoms with Gasteiger partial charge in [0, 0.05) is 11.8 Å². The number of phenolic OH excluding ortho intramolecular Hbond substituents is 2. The number of hydrogen-bond acceptors (Lipinski definition) is 3. The van der Waals surface area contributed by atoms with Crippen molar-refractivity contribution in [3.8, 4) is 28.6 Å². The normalized spacial score (nSPS) is 11.0. The molecule has 1 aromatic heterocycles. The van der Waals surface area contributed by atoms with Crippen LogP contribution in [0.15, 0.2) is 66.7 Å². The first-order chi connectivity index (χ1) is 11.6. The van der Waals surface area contributed by atoms with Crippen LogP contribution in [0.25, 0.3) is 28.1 Å². The summed E-state index contributed by atoms with van der Waals surface area (Å²) in [4.78, 5) is 4.71. The third-order valence-electron chi connectivity index (χ3n) is 4.13. The first kappa shape index (κ1) is 14.3. The van der Waals surface area contributed by atoms with Crippen LogP contribution < -0.4 is 0 Å². The molecule has 3 aromatic carbocycles. The molecule has 0 radical (unpaired) electrons. The summed E-state index contributed by atoms with van der Waals surface area (Å²) >= 11 is 0. The van der Waals surface area contributed by atoms with Gasteiger partial charge in [-0.25, -0.2) is 4.98 Å². The largest absolute Gasteiger partial charge is 0.508 e. The minimum atomic E-state index is 0.00517. The van der Waals surface area contributed by atoms with E-state index >= 15 is 0 Å². The smallest absolute Gasteiger partial charge is 0.149 e. The Morgan fingerprint density at radius 1 is 0.833 bits per heavy atom. The zero-order chi connectivity index (χ0) is 16.7. The average molecular weight is 316 g/mol. The van der Waals surface area contributed by atoms with Crippen molar-refractivity contribution in [2.75, 3.05) is 0 Å². The summed E-state index contributed by atoms with van der Waals surface area (Å²) in [6, 6.07) is 20.9. The lowest BCUT2D eigenvalue weighted by molar-refractivity contribution is 0.449.